The van der Waals surface area contributed by atoms with Crippen molar-refractivity contribution in [1.29, 1.82) is 0 Å². The van der Waals surface area contributed by atoms with Gasteiger partial charge in [-0.2, -0.15) is 18.3 Å². The maximum absolute atomic E-state index is 14.2. The number of benzene rings is 1. The first-order chi connectivity index (χ1) is 12.9. The van der Waals surface area contributed by atoms with Crippen LogP contribution in [0.15, 0.2) is 41.6 Å². The lowest BCUT2D eigenvalue weighted by Crippen LogP contribution is -2.10. The predicted octanol–water partition coefficient (Wildman–Crippen LogP) is 3.94. The van der Waals surface area contributed by atoms with Gasteiger partial charge in [0.25, 0.3) is 0 Å². The van der Waals surface area contributed by atoms with Crippen LogP contribution in [0.4, 0.5) is 22.0 Å². The van der Waals surface area contributed by atoms with Gasteiger partial charge in [-0.25, -0.2) is 21.9 Å². The van der Waals surface area contributed by atoms with Gasteiger partial charge in [0.05, 0.1) is 11.4 Å². The van der Waals surface area contributed by atoms with E-state index in [0.717, 1.165) is 6.07 Å². The van der Waals surface area contributed by atoms with Crippen LogP contribution in [0.2, 0.25) is 0 Å². The summed E-state index contributed by atoms with van der Waals surface area (Å²) < 4.78 is 91.7. The highest BCUT2D eigenvalue weighted by atomic mass is 32.2. The molecule has 0 atom stereocenters. The van der Waals surface area contributed by atoms with Gasteiger partial charge in [-0.1, -0.05) is 0 Å². The Morgan fingerprint density at radius 1 is 1.00 bits per heavy atom. The van der Waals surface area contributed by atoms with Gasteiger partial charge in [0, 0.05) is 36.3 Å². The Kier molecular flexibility index (Phi) is 4.74. The van der Waals surface area contributed by atoms with E-state index in [0.29, 0.717) is 28.6 Å². The molecule has 0 aliphatic carbocycles. The zero-order chi connectivity index (χ0) is 20.9. The fourth-order valence-electron chi connectivity index (χ4n) is 2.64. The predicted molar refractivity (Wildman–Crippen MR) is 89.6 cm³/mol. The molecule has 0 amide bonds. The van der Waals surface area contributed by atoms with Crippen molar-refractivity contribution in [2.45, 2.75) is 18.0 Å². The van der Waals surface area contributed by atoms with Gasteiger partial charge in [0.1, 0.15) is 16.5 Å². The van der Waals surface area contributed by atoms with E-state index in [4.69, 9.17) is 0 Å². The van der Waals surface area contributed by atoms with Crippen molar-refractivity contribution in [3.05, 3.63) is 59.6 Å². The van der Waals surface area contributed by atoms with E-state index in [1.54, 1.807) is 6.92 Å². The molecule has 0 bridgehead atoms. The first kappa shape index (κ1) is 19.9. The number of aromatic nitrogens is 3. The Balaban J connectivity index is 2.29. The second-order valence-corrected chi connectivity index (χ2v) is 8.04. The summed E-state index contributed by atoms with van der Waals surface area (Å²) >= 11 is 0. The minimum Gasteiger partial charge on any atom is -0.264 e. The Hall–Kier alpha value is -2.82. The van der Waals surface area contributed by atoms with E-state index in [1.165, 1.54) is 18.5 Å². The maximum atomic E-state index is 14.2. The van der Waals surface area contributed by atoms with E-state index in [2.05, 4.69) is 10.1 Å². The van der Waals surface area contributed by atoms with Crippen LogP contribution >= 0.6 is 0 Å². The second kappa shape index (κ2) is 6.66. The SMILES string of the molecule is Cc1cncc(-c2cc(C(F)(F)F)nn2-c2cc(F)c(S(C)(=O)=O)c(F)c2)c1. The van der Waals surface area contributed by atoms with Crippen LogP contribution in [0.25, 0.3) is 16.9 Å². The summed E-state index contributed by atoms with van der Waals surface area (Å²) in [7, 11) is -4.22. The zero-order valence-electron chi connectivity index (χ0n) is 14.4. The van der Waals surface area contributed by atoms with E-state index < -0.39 is 43.9 Å². The van der Waals surface area contributed by atoms with Crippen molar-refractivity contribution in [2.24, 2.45) is 0 Å². The molecule has 0 fully saturated rings. The largest absolute Gasteiger partial charge is 0.435 e. The first-order valence-electron chi connectivity index (χ1n) is 7.66. The smallest absolute Gasteiger partial charge is 0.264 e. The molecule has 0 spiro atoms. The van der Waals surface area contributed by atoms with E-state index >= 15 is 0 Å². The molecular weight excluding hydrogens is 405 g/mol. The van der Waals surface area contributed by atoms with E-state index in [-0.39, 0.29) is 11.3 Å². The number of hydrogen-bond donors (Lipinski definition) is 0. The number of alkyl halides is 3. The highest BCUT2D eigenvalue weighted by Gasteiger charge is 2.35. The number of hydrogen-bond acceptors (Lipinski definition) is 4. The molecule has 0 aliphatic rings. The van der Waals surface area contributed by atoms with Gasteiger partial charge in [-0.15, -0.1) is 0 Å². The maximum Gasteiger partial charge on any atom is 0.435 e. The molecule has 2 aromatic heterocycles. The van der Waals surface area contributed by atoms with Crippen molar-refractivity contribution in [2.75, 3.05) is 6.26 Å². The summed E-state index contributed by atoms with van der Waals surface area (Å²) in [6, 6.07) is 3.47. The van der Waals surface area contributed by atoms with Gasteiger partial charge in [0.15, 0.2) is 15.5 Å². The molecule has 148 valence electrons. The normalized spacial score (nSPS) is 12.4. The van der Waals surface area contributed by atoms with Crippen LogP contribution < -0.4 is 0 Å². The summed E-state index contributed by atoms with van der Waals surface area (Å²) in [5.74, 6) is -2.87. The van der Waals surface area contributed by atoms with Gasteiger partial charge >= 0.3 is 6.18 Å². The third-order valence-electron chi connectivity index (χ3n) is 3.77. The third kappa shape index (κ3) is 3.75. The van der Waals surface area contributed by atoms with Crippen molar-refractivity contribution < 1.29 is 30.4 Å². The number of halogens is 5. The lowest BCUT2D eigenvalue weighted by atomic mass is 10.1. The number of pyridine rings is 1. The minimum atomic E-state index is -4.80. The number of nitrogens with zero attached hydrogens (tertiary/aromatic N) is 3. The summed E-state index contributed by atoms with van der Waals surface area (Å²) in [6.45, 7) is 1.67. The van der Waals surface area contributed by atoms with Crippen molar-refractivity contribution >= 4 is 9.84 Å². The van der Waals surface area contributed by atoms with Gasteiger partial charge < -0.3 is 0 Å². The molecule has 0 radical (unpaired) electrons. The fourth-order valence-corrected chi connectivity index (χ4v) is 3.47. The molecule has 0 saturated heterocycles. The monoisotopic (exact) mass is 417 g/mol. The van der Waals surface area contributed by atoms with Gasteiger partial charge in [-0.3, -0.25) is 4.98 Å². The number of sulfone groups is 1. The molecule has 2 heterocycles. The molecule has 28 heavy (non-hydrogen) atoms. The molecule has 3 aromatic rings. The van der Waals surface area contributed by atoms with Crippen LogP contribution in [-0.4, -0.2) is 29.4 Å². The molecule has 3 rings (SSSR count). The van der Waals surface area contributed by atoms with Crippen LogP contribution in [0.3, 0.4) is 0 Å². The Morgan fingerprint density at radius 2 is 1.61 bits per heavy atom. The van der Waals surface area contributed by atoms with E-state index in [9.17, 15) is 30.4 Å². The molecule has 5 nitrogen and oxygen atoms in total. The third-order valence-corrected chi connectivity index (χ3v) is 4.90. The molecule has 11 heteroatoms. The topological polar surface area (TPSA) is 64.8 Å². The standard InChI is InChI=1S/C17H12F5N3O2S/c1-9-3-10(8-23-7-9)14-6-15(17(20,21)22)24-25(14)11-4-12(18)16(13(19)5-11)28(2,26)27/h3-8H,1-2H3. The second-order valence-electron chi connectivity index (χ2n) is 6.09. The van der Waals surface area contributed by atoms with Crippen LogP contribution in [0, 0.1) is 18.6 Å². The molecule has 0 N–H and O–H groups in total. The van der Waals surface area contributed by atoms with Gasteiger partial charge in [0.2, 0.25) is 0 Å². The van der Waals surface area contributed by atoms with E-state index in [1.807, 2.05) is 0 Å². The molecule has 1 aromatic carbocycles. The van der Waals surface area contributed by atoms with Gasteiger partial charge in [-0.05, 0) is 24.6 Å². The molecular formula is C17H12F5N3O2S. The fraction of sp³-hybridized carbons (Fsp3) is 0.176. The van der Waals surface area contributed by atoms with Crippen LogP contribution in [0.1, 0.15) is 11.3 Å². The van der Waals surface area contributed by atoms with Crippen LogP contribution in [0.5, 0.6) is 0 Å². The summed E-state index contributed by atoms with van der Waals surface area (Å²) in [4.78, 5) is 2.73. The highest BCUT2D eigenvalue weighted by Crippen LogP contribution is 2.34. The lowest BCUT2D eigenvalue weighted by Gasteiger charge is -2.10. The van der Waals surface area contributed by atoms with Crippen LogP contribution in [-0.2, 0) is 16.0 Å². The number of rotatable bonds is 3. The Bertz CT molecular complexity index is 1150. The molecule has 0 unspecified atom stereocenters. The average molecular weight is 417 g/mol. The lowest BCUT2D eigenvalue weighted by molar-refractivity contribution is -0.141. The average Bonchev–Trinajstić information content (AvgIpc) is 2.98. The van der Waals surface area contributed by atoms with Crippen molar-refractivity contribution in [3.63, 3.8) is 0 Å². The summed E-state index contributed by atoms with van der Waals surface area (Å²) in [5.41, 5.74) is -0.930. The Labute approximate surface area is 156 Å². The first-order valence-corrected chi connectivity index (χ1v) is 9.56. The number of aryl methyl sites for hydroxylation is 1. The summed E-state index contributed by atoms with van der Waals surface area (Å²) in [6.07, 6.45) is -1.43. The zero-order valence-corrected chi connectivity index (χ0v) is 15.2. The quantitative estimate of drug-likeness (QED) is 0.606. The molecule has 0 saturated carbocycles. The summed E-state index contributed by atoms with van der Waals surface area (Å²) in [5, 5.41) is 3.41. The van der Waals surface area contributed by atoms with Crippen molar-refractivity contribution in [3.8, 4) is 16.9 Å². The highest BCUT2D eigenvalue weighted by molar-refractivity contribution is 7.90. The molecule has 0 aliphatic heterocycles. The minimum absolute atomic E-state index is 0.116. The van der Waals surface area contributed by atoms with Crippen molar-refractivity contribution in [1.82, 2.24) is 14.8 Å². The Morgan fingerprint density at radius 3 is 2.11 bits per heavy atom.